The number of amides is 1. The second-order valence-electron chi connectivity index (χ2n) is 6.03. The smallest absolute Gasteiger partial charge is 0.355 e. The van der Waals surface area contributed by atoms with E-state index < -0.39 is 5.97 Å². The zero-order valence-corrected chi connectivity index (χ0v) is 14.5. The Kier molecular flexibility index (Phi) is 5.55. The van der Waals surface area contributed by atoms with Crippen molar-refractivity contribution in [2.45, 2.75) is 36.1 Å². The largest absolute Gasteiger partial charge is 0.476 e. The van der Waals surface area contributed by atoms with Crippen molar-refractivity contribution in [1.82, 2.24) is 15.2 Å². The molecule has 0 aromatic carbocycles. The minimum Gasteiger partial charge on any atom is -0.476 e. The van der Waals surface area contributed by atoms with E-state index in [1.807, 2.05) is 4.90 Å². The molecule has 8 heteroatoms. The van der Waals surface area contributed by atoms with Gasteiger partial charge in [0, 0.05) is 36.7 Å². The zero-order chi connectivity index (χ0) is 16.2. The van der Waals surface area contributed by atoms with Gasteiger partial charge in [0.25, 0.3) is 0 Å². The summed E-state index contributed by atoms with van der Waals surface area (Å²) in [4.78, 5) is 28.9. The first-order chi connectivity index (χ1) is 11.1. The molecule has 2 heterocycles. The van der Waals surface area contributed by atoms with Crippen molar-refractivity contribution in [2.24, 2.45) is 5.92 Å². The maximum atomic E-state index is 12.0. The Labute approximate surface area is 143 Å². The van der Waals surface area contributed by atoms with Gasteiger partial charge in [0.05, 0.1) is 0 Å². The van der Waals surface area contributed by atoms with Crippen LogP contribution in [0.25, 0.3) is 0 Å². The lowest BCUT2D eigenvalue weighted by Gasteiger charge is -2.25. The summed E-state index contributed by atoms with van der Waals surface area (Å²) in [5.74, 6) is 0.834. The van der Waals surface area contributed by atoms with Gasteiger partial charge in [-0.25, -0.2) is 9.78 Å². The molecule has 3 rings (SSSR count). The van der Waals surface area contributed by atoms with Gasteiger partial charge in [-0.3, -0.25) is 4.79 Å². The lowest BCUT2D eigenvalue weighted by molar-refractivity contribution is -0.128. The van der Waals surface area contributed by atoms with Gasteiger partial charge in [-0.05, 0) is 31.7 Å². The number of aromatic nitrogens is 1. The van der Waals surface area contributed by atoms with E-state index >= 15 is 0 Å². The highest BCUT2D eigenvalue weighted by atomic mass is 32.2. The molecule has 2 aliphatic rings. The van der Waals surface area contributed by atoms with Crippen LogP contribution in [0.15, 0.2) is 9.72 Å². The highest BCUT2D eigenvalue weighted by molar-refractivity contribution is 8.01. The predicted molar refractivity (Wildman–Crippen MR) is 90.1 cm³/mol. The summed E-state index contributed by atoms with van der Waals surface area (Å²) in [5.41, 5.74) is 0.0944. The first-order valence-corrected chi connectivity index (χ1v) is 9.82. The van der Waals surface area contributed by atoms with E-state index in [-0.39, 0.29) is 11.6 Å². The van der Waals surface area contributed by atoms with Crippen LogP contribution in [0, 0.1) is 5.92 Å². The number of hydrogen-bond acceptors (Lipinski definition) is 6. The third kappa shape index (κ3) is 4.68. The van der Waals surface area contributed by atoms with E-state index in [1.54, 1.807) is 5.38 Å². The molecule has 0 radical (unpaired) electrons. The number of carbonyl (C=O) groups is 2. The van der Waals surface area contributed by atoms with Gasteiger partial charge >= 0.3 is 5.97 Å². The van der Waals surface area contributed by atoms with Crippen molar-refractivity contribution in [2.75, 3.05) is 25.4 Å². The Morgan fingerprint density at radius 1 is 1.43 bits per heavy atom. The molecule has 2 N–H and O–H groups in total. The number of rotatable bonds is 9. The van der Waals surface area contributed by atoms with Gasteiger partial charge in [0.2, 0.25) is 5.91 Å². The fraction of sp³-hybridized carbons (Fsp3) is 0.667. The van der Waals surface area contributed by atoms with Gasteiger partial charge in [-0.2, -0.15) is 0 Å². The second kappa shape index (κ2) is 7.63. The SMILES string of the molecule is O=C(O)c1csc(SCCN2C(=O)CCC2CNCC2CC2)n1. The van der Waals surface area contributed by atoms with Gasteiger partial charge in [-0.1, -0.05) is 11.8 Å². The number of nitrogens with one attached hydrogen (secondary N) is 1. The fourth-order valence-electron chi connectivity index (χ4n) is 2.74. The molecule has 1 amide bonds. The first-order valence-electron chi connectivity index (χ1n) is 7.95. The van der Waals surface area contributed by atoms with Crippen molar-refractivity contribution in [1.29, 1.82) is 0 Å². The number of likely N-dealkylation sites (tertiary alicyclic amines) is 1. The minimum absolute atomic E-state index is 0.0944. The average molecular weight is 355 g/mol. The number of carboxylic acids is 1. The molecule has 0 spiro atoms. The number of carboxylic acid groups (broad SMARTS) is 1. The Hall–Kier alpha value is -1.12. The van der Waals surface area contributed by atoms with Crippen molar-refractivity contribution in [3.8, 4) is 0 Å². The van der Waals surface area contributed by atoms with Crippen molar-refractivity contribution in [3.63, 3.8) is 0 Å². The van der Waals surface area contributed by atoms with Crippen LogP contribution >= 0.6 is 23.1 Å². The van der Waals surface area contributed by atoms with Crippen LogP contribution in [0.5, 0.6) is 0 Å². The maximum Gasteiger partial charge on any atom is 0.355 e. The summed E-state index contributed by atoms with van der Waals surface area (Å²) in [5, 5.41) is 13.9. The van der Waals surface area contributed by atoms with E-state index in [2.05, 4.69) is 10.3 Å². The van der Waals surface area contributed by atoms with Crippen molar-refractivity contribution in [3.05, 3.63) is 11.1 Å². The van der Waals surface area contributed by atoms with E-state index in [1.165, 1.54) is 35.9 Å². The number of thioether (sulfide) groups is 1. The van der Waals surface area contributed by atoms with Crippen LogP contribution in [0.4, 0.5) is 0 Å². The summed E-state index contributed by atoms with van der Waals surface area (Å²) in [6.45, 7) is 2.65. The molecule has 1 saturated carbocycles. The Morgan fingerprint density at radius 2 is 2.26 bits per heavy atom. The highest BCUT2D eigenvalue weighted by Gasteiger charge is 2.30. The van der Waals surface area contributed by atoms with Crippen LogP contribution < -0.4 is 5.32 Å². The van der Waals surface area contributed by atoms with Gasteiger partial charge < -0.3 is 15.3 Å². The summed E-state index contributed by atoms with van der Waals surface area (Å²) in [7, 11) is 0. The summed E-state index contributed by atoms with van der Waals surface area (Å²) in [6, 6.07) is 0.299. The predicted octanol–water partition coefficient (Wildman–Crippen LogP) is 1.92. The second-order valence-corrected chi connectivity index (χ2v) is 8.23. The molecule has 1 unspecified atom stereocenters. The Balaban J connectivity index is 1.42. The average Bonchev–Trinajstić information content (AvgIpc) is 3.10. The van der Waals surface area contributed by atoms with Crippen LogP contribution in [0.2, 0.25) is 0 Å². The standard InChI is InChI=1S/C15H21N3O3S2/c19-13-4-3-11(8-16-7-10-1-2-10)18(13)5-6-22-15-17-12(9-23-15)14(20)21/h9-11,16H,1-8H2,(H,20,21). The third-order valence-corrected chi connectivity index (χ3v) is 6.22. The van der Waals surface area contributed by atoms with Crippen molar-refractivity contribution >= 4 is 35.0 Å². The molecule has 0 bridgehead atoms. The molecule has 1 aliphatic carbocycles. The Morgan fingerprint density at radius 3 is 2.96 bits per heavy atom. The molecule has 6 nitrogen and oxygen atoms in total. The lowest BCUT2D eigenvalue weighted by Crippen LogP contribution is -2.41. The van der Waals surface area contributed by atoms with Crippen LogP contribution in [-0.4, -0.2) is 58.3 Å². The molecule has 1 saturated heterocycles. The molecule has 2 fully saturated rings. The molecule has 1 aromatic rings. The summed E-state index contributed by atoms with van der Waals surface area (Å²) >= 11 is 2.86. The topological polar surface area (TPSA) is 82.5 Å². The monoisotopic (exact) mass is 355 g/mol. The zero-order valence-electron chi connectivity index (χ0n) is 12.9. The maximum absolute atomic E-state index is 12.0. The summed E-state index contributed by atoms with van der Waals surface area (Å²) in [6.07, 6.45) is 4.24. The number of carbonyl (C=O) groups excluding carboxylic acids is 1. The molecule has 1 aromatic heterocycles. The number of nitrogens with zero attached hydrogens (tertiary/aromatic N) is 2. The molecular formula is C15H21N3O3S2. The van der Waals surface area contributed by atoms with Gasteiger partial charge in [0.15, 0.2) is 10.0 Å². The third-order valence-electron chi connectivity index (χ3n) is 4.22. The van der Waals surface area contributed by atoms with Gasteiger partial charge in [-0.15, -0.1) is 11.3 Å². The highest BCUT2D eigenvalue weighted by Crippen LogP contribution is 2.28. The number of thiazole rings is 1. The Bertz CT molecular complexity index is 574. The van der Waals surface area contributed by atoms with Crippen LogP contribution in [0.3, 0.4) is 0 Å². The first kappa shape index (κ1) is 16.7. The van der Waals surface area contributed by atoms with Gasteiger partial charge in [0.1, 0.15) is 0 Å². The van der Waals surface area contributed by atoms with E-state index in [0.717, 1.165) is 35.5 Å². The quantitative estimate of drug-likeness (QED) is 0.659. The van der Waals surface area contributed by atoms with E-state index in [0.29, 0.717) is 19.0 Å². The molecule has 23 heavy (non-hydrogen) atoms. The number of hydrogen-bond donors (Lipinski definition) is 2. The molecule has 1 aliphatic heterocycles. The minimum atomic E-state index is -0.996. The molecular weight excluding hydrogens is 334 g/mol. The number of aromatic carboxylic acids is 1. The molecule has 1 atom stereocenters. The van der Waals surface area contributed by atoms with Crippen molar-refractivity contribution < 1.29 is 14.7 Å². The lowest BCUT2D eigenvalue weighted by atomic mass is 10.2. The summed E-state index contributed by atoms with van der Waals surface area (Å²) < 4.78 is 0.748. The fourth-order valence-corrected chi connectivity index (χ4v) is 4.55. The normalized spacial score (nSPS) is 21.1. The van der Waals surface area contributed by atoms with E-state index in [9.17, 15) is 9.59 Å². The molecule has 126 valence electrons. The van der Waals surface area contributed by atoms with Crippen LogP contribution in [-0.2, 0) is 4.79 Å². The van der Waals surface area contributed by atoms with E-state index in [4.69, 9.17) is 5.11 Å². The van der Waals surface area contributed by atoms with Crippen LogP contribution in [0.1, 0.15) is 36.2 Å².